The maximum absolute atomic E-state index is 12.7. The molecule has 3 aromatic rings. The second kappa shape index (κ2) is 9.13. The largest absolute Gasteiger partial charge is 0.497 e. The van der Waals surface area contributed by atoms with Crippen LogP contribution in [0.5, 0.6) is 5.75 Å². The highest BCUT2D eigenvalue weighted by Gasteiger charge is 2.30. The molecule has 0 spiro atoms. The number of nitrogens with zero attached hydrogens (tertiary/aromatic N) is 1. The van der Waals surface area contributed by atoms with Gasteiger partial charge in [-0.1, -0.05) is 18.2 Å². The maximum atomic E-state index is 12.7. The van der Waals surface area contributed by atoms with Crippen LogP contribution in [0, 0.1) is 0 Å². The smallest absolute Gasteiger partial charge is 0.416 e. The third kappa shape index (κ3) is 5.38. The molecule has 0 bridgehead atoms. The highest BCUT2D eigenvalue weighted by molar-refractivity contribution is 6.01. The molecule has 154 valence electrons. The second-order valence-corrected chi connectivity index (χ2v) is 6.09. The summed E-state index contributed by atoms with van der Waals surface area (Å²) in [6, 6.07) is 19.6. The third-order valence-corrected chi connectivity index (χ3v) is 4.05. The Hall–Kier alpha value is -3.81. The number of hydrogen-bond donors (Lipinski definition) is 1. The van der Waals surface area contributed by atoms with Crippen LogP contribution in [0.1, 0.15) is 21.5 Å². The third-order valence-electron chi connectivity index (χ3n) is 4.05. The molecular weight excluding hydrogens is 397 g/mol. The van der Waals surface area contributed by atoms with Crippen molar-refractivity contribution in [2.24, 2.45) is 4.99 Å². The number of para-hydroxylation sites is 1. The maximum Gasteiger partial charge on any atom is 0.416 e. The zero-order chi connectivity index (χ0) is 21.6. The van der Waals surface area contributed by atoms with E-state index in [2.05, 4.69) is 10.5 Å². The minimum atomic E-state index is -4.48. The Bertz CT molecular complexity index is 1020. The lowest BCUT2D eigenvalue weighted by atomic mass is 10.1. The fraction of sp³-hybridized carbons (Fsp3) is 0.0909. The lowest BCUT2D eigenvalue weighted by Crippen LogP contribution is -2.28. The van der Waals surface area contributed by atoms with E-state index in [0.29, 0.717) is 17.0 Å². The number of halogens is 3. The van der Waals surface area contributed by atoms with Gasteiger partial charge in [0, 0.05) is 5.56 Å². The molecule has 0 aliphatic heterocycles. The molecule has 0 radical (unpaired) electrons. The summed E-state index contributed by atoms with van der Waals surface area (Å²) < 4.78 is 43.1. The Morgan fingerprint density at radius 1 is 0.867 bits per heavy atom. The molecule has 0 heterocycles. The number of methoxy groups -OCH3 is 1. The molecular formula is C22H17F3N2O3. The summed E-state index contributed by atoms with van der Waals surface area (Å²) in [7, 11) is 1.54. The predicted octanol–water partition coefficient (Wildman–Crippen LogP) is 5.15. The second-order valence-electron chi connectivity index (χ2n) is 6.09. The number of carbonyl (C=O) groups is 1. The lowest BCUT2D eigenvalue weighted by Gasteiger charge is -2.11. The van der Waals surface area contributed by atoms with Gasteiger partial charge in [0.15, 0.2) is 5.84 Å². The van der Waals surface area contributed by atoms with Crippen LogP contribution in [0.2, 0.25) is 0 Å². The first-order valence-corrected chi connectivity index (χ1v) is 8.79. The van der Waals surface area contributed by atoms with E-state index in [1.807, 2.05) is 6.07 Å². The predicted molar refractivity (Wildman–Crippen MR) is 106 cm³/mol. The van der Waals surface area contributed by atoms with Crippen LogP contribution in [0.3, 0.4) is 0 Å². The van der Waals surface area contributed by atoms with E-state index in [1.54, 1.807) is 48.5 Å². The number of hydroxylamine groups is 1. The number of alkyl halides is 3. The Balaban J connectivity index is 1.79. The Morgan fingerprint density at radius 2 is 1.47 bits per heavy atom. The number of amidine groups is 1. The molecule has 0 atom stereocenters. The molecule has 0 aliphatic carbocycles. The Morgan fingerprint density at radius 3 is 2.03 bits per heavy atom. The molecule has 3 aromatic carbocycles. The summed E-state index contributed by atoms with van der Waals surface area (Å²) in [6.45, 7) is 0. The van der Waals surface area contributed by atoms with E-state index >= 15 is 0 Å². The molecule has 3 rings (SSSR count). The van der Waals surface area contributed by atoms with Gasteiger partial charge in [-0.25, -0.2) is 9.79 Å². The SMILES string of the molecule is COc1ccc(C(=Nc2ccccc2)NOC(=O)c2ccc(C(F)(F)F)cc2)cc1. The summed E-state index contributed by atoms with van der Waals surface area (Å²) in [4.78, 5) is 21.8. The molecule has 0 saturated heterocycles. The zero-order valence-corrected chi connectivity index (χ0v) is 15.8. The molecule has 30 heavy (non-hydrogen) atoms. The molecule has 0 aliphatic rings. The van der Waals surface area contributed by atoms with Crippen LogP contribution in [-0.4, -0.2) is 18.9 Å². The van der Waals surface area contributed by atoms with E-state index in [9.17, 15) is 18.0 Å². The van der Waals surface area contributed by atoms with Crippen molar-refractivity contribution < 1.29 is 27.5 Å². The number of nitrogens with one attached hydrogen (secondary N) is 1. The Labute approximate surface area is 170 Å². The van der Waals surface area contributed by atoms with Gasteiger partial charge in [-0.3, -0.25) is 0 Å². The van der Waals surface area contributed by atoms with Gasteiger partial charge < -0.3 is 9.57 Å². The lowest BCUT2D eigenvalue weighted by molar-refractivity contribution is -0.137. The van der Waals surface area contributed by atoms with Gasteiger partial charge >= 0.3 is 12.1 Å². The molecule has 5 nitrogen and oxygen atoms in total. The normalized spacial score (nSPS) is 11.7. The summed E-state index contributed by atoms with van der Waals surface area (Å²) in [5.74, 6) is 0.0293. The molecule has 0 unspecified atom stereocenters. The van der Waals surface area contributed by atoms with Crippen molar-refractivity contribution in [3.8, 4) is 5.75 Å². The molecule has 0 amide bonds. The van der Waals surface area contributed by atoms with Gasteiger partial charge in [-0.05, 0) is 60.7 Å². The van der Waals surface area contributed by atoms with Crippen LogP contribution in [0.15, 0.2) is 83.9 Å². The van der Waals surface area contributed by atoms with Crippen molar-refractivity contribution in [2.45, 2.75) is 6.18 Å². The molecule has 1 N–H and O–H groups in total. The number of hydrogen-bond acceptors (Lipinski definition) is 4. The molecule has 0 saturated carbocycles. The van der Waals surface area contributed by atoms with Crippen LogP contribution in [0.25, 0.3) is 0 Å². The summed E-state index contributed by atoms with van der Waals surface area (Å²) in [5, 5.41) is 0. The number of ether oxygens (including phenoxy) is 1. The monoisotopic (exact) mass is 414 g/mol. The first-order chi connectivity index (χ1) is 14.4. The molecule has 0 aromatic heterocycles. The number of aliphatic imine (C=N–C) groups is 1. The van der Waals surface area contributed by atoms with Crippen LogP contribution < -0.4 is 10.2 Å². The quantitative estimate of drug-likeness (QED) is 0.364. The molecule has 8 heteroatoms. The van der Waals surface area contributed by atoms with E-state index in [1.165, 1.54) is 7.11 Å². The van der Waals surface area contributed by atoms with Crippen molar-refractivity contribution in [3.63, 3.8) is 0 Å². The van der Waals surface area contributed by atoms with Crippen LogP contribution >= 0.6 is 0 Å². The van der Waals surface area contributed by atoms with E-state index in [-0.39, 0.29) is 11.4 Å². The first kappa shape index (κ1) is 20.9. The van der Waals surface area contributed by atoms with Gasteiger partial charge in [0.2, 0.25) is 0 Å². The van der Waals surface area contributed by atoms with Crippen LogP contribution in [0.4, 0.5) is 18.9 Å². The molecule has 0 fully saturated rings. The minimum Gasteiger partial charge on any atom is -0.497 e. The number of rotatable bonds is 4. The Kier molecular flexibility index (Phi) is 6.36. The van der Waals surface area contributed by atoms with Crippen molar-refractivity contribution in [3.05, 3.63) is 95.6 Å². The highest BCUT2D eigenvalue weighted by Crippen LogP contribution is 2.29. The summed E-state index contributed by atoms with van der Waals surface area (Å²) >= 11 is 0. The van der Waals surface area contributed by atoms with E-state index in [0.717, 1.165) is 24.3 Å². The number of carbonyl (C=O) groups excluding carboxylic acids is 1. The van der Waals surface area contributed by atoms with Gasteiger partial charge in [0.1, 0.15) is 5.75 Å². The van der Waals surface area contributed by atoms with E-state index in [4.69, 9.17) is 9.57 Å². The van der Waals surface area contributed by atoms with Crippen molar-refractivity contribution in [2.75, 3.05) is 7.11 Å². The van der Waals surface area contributed by atoms with Crippen LogP contribution in [-0.2, 0) is 11.0 Å². The van der Waals surface area contributed by atoms with Gasteiger partial charge in [0.25, 0.3) is 0 Å². The topological polar surface area (TPSA) is 59.9 Å². The average Bonchev–Trinajstić information content (AvgIpc) is 2.76. The fourth-order valence-corrected chi connectivity index (χ4v) is 2.48. The van der Waals surface area contributed by atoms with Crippen molar-refractivity contribution in [1.29, 1.82) is 0 Å². The van der Waals surface area contributed by atoms with Gasteiger partial charge in [-0.15, -0.1) is 0 Å². The van der Waals surface area contributed by atoms with E-state index < -0.39 is 17.7 Å². The summed E-state index contributed by atoms with van der Waals surface area (Å²) in [6.07, 6.45) is -4.48. The number of benzene rings is 3. The fourth-order valence-electron chi connectivity index (χ4n) is 2.48. The standard InChI is InChI=1S/C22H17F3N2O3/c1-29-19-13-9-15(10-14-19)20(26-18-5-3-2-4-6-18)27-30-21(28)16-7-11-17(12-8-16)22(23,24)25/h2-14H,1H3,(H,26,27). The summed E-state index contributed by atoms with van der Waals surface area (Å²) in [5.41, 5.74) is 2.84. The minimum absolute atomic E-state index is 0.0377. The van der Waals surface area contributed by atoms with Crippen molar-refractivity contribution >= 4 is 17.5 Å². The van der Waals surface area contributed by atoms with Gasteiger partial charge in [-0.2, -0.15) is 18.7 Å². The first-order valence-electron chi connectivity index (χ1n) is 8.79. The average molecular weight is 414 g/mol. The van der Waals surface area contributed by atoms with Gasteiger partial charge in [0.05, 0.1) is 23.9 Å². The zero-order valence-electron chi connectivity index (χ0n) is 15.8. The van der Waals surface area contributed by atoms with Crippen molar-refractivity contribution in [1.82, 2.24) is 5.48 Å². The highest BCUT2D eigenvalue weighted by atomic mass is 19.4.